The van der Waals surface area contributed by atoms with Gasteiger partial charge in [0.15, 0.2) is 5.79 Å². The summed E-state index contributed by atoms with van der Waals surface area (Å²) in [6, 6.07) is 0. The third-order valence-corrected chi connectivity index (χ3v) is 2.13. The smallest absolute Gasteiger partial charge is 0.192 e. The van der Waals surface area contributed by atoms with Crippen molar-refractivity contribution in [3.05, 3.63) is 0 Å². The molecule has 72 valence electrons. The van der Waals surface area contributed by atoms with Crippen molar-refractivity contribution in [3.63, 3.8) is 0 Å². The highest BCUT2D eigenvalue weighted by molar-refractivity contribution is 4.92. The largest absolute Gasteiger partial charge is 0.388 e. The summed E-state index contributed by atoms with van der Waals surface area (Å²) in [6.07, 6.45) is -4.72. The predicted molar refractivity (Wildman–Crippen MR) is 39.2 cm³/mol. The van der Waals surface area contributed by atoms with E-state index in [0.29, 0.717) is 0 Å². The van der Waals surface area contributed by atoms with E-state index in [0.717, 1.165) is 0 Å². The number of rotatable bonds is 0. The molecule has 0 unspecified atom stereocenters. The van der Waals surface area contributed by atoms with Crippen LogP contribution >= 0.6 is 0 Å². The van der Waals surface area contributed by atoms with Crippen LogP contribution in [0.4, 0.5) is 0 Å². The van der Waals surface area contributed by atoms with Crippen molar-refractivity contribution in [2.75, 3.05) is 0 Å². The second-order valence-electron chi connectivity index (χ2n) is 3.30. The topological polar surface area (TPSA) is 90.2 Å². The van der Waals surface area contributed by atoms with Crippen LogP contribution in [0.2, 0.25) is 0 Å². The molecule has 1 heterocycles. The minimum absolute atomic E-state index is 0.696. The Morgan fingerprint density at radius 3 is 2.17 bits per heavy atom. The summed E-state index contributed by atoms with van der Waals surface area (Å²) < 4.78 is 4.86. The van der Waals surface area contributed by atoms with Gasteiger partial charge in [0.2, 0.25) is 0 Å². The first-order valence-corrected chi connectivity index (χ1v) is 3.80. The van der Waals surface area contributed by atoms with Crippen LogP contribution in [0.5, 0.6) is 0 Å². The maximum atomic E-state index is 9.36. The van der Waals surface area contributed by atoms with Crippen molar-refractivity contribution < 1.29 is 25.2 Å². The Kier molecular flexibility index (Phi) is 2.42. The molecule has 0 bridgehead atoms. The lowest BCUT2D eigenvalue weighted by atomic mass is 9.94. The lowest BCUT2D eigenvalue weighted by Crippen LogP contribution is -2.62. The standard InChI is InChI=1S/C7H14O5/c1-3-4(8)5(9)6(10)7(2,11)12-3/h3-6,8-11H,1-2H3/t3-,4+,5+,6-,7-/m0/s1. The number of hydrogen-bond donors (Lipinski definition) is 4. The molecule has 12 heavy (non-hydrogen) atoms. The molecule has 4 N–H and O–H groups in total. The SMILES string of the molecule is C[C@@H]1O[C@](C)(O)[C@@H](O)[C@H](O)[C@@H]1O. The van der Waals surface area contributed by atoms with E-state index in [1.807, 2.05) is 0 Å². The molecule has 0 radical (unpaired) electrons. The van der Waals surface area contributed by atoms with Gasteiger partial charge in [-0.1, -0.05) is 0 Å². The summed E-state index contributed by atoms with van der Waals surface area (Å²) in [7, 11) is 0. The molecule has 5 atom stereocenters. The molecular weight excluding hydrogens is 164 g/mol. The molecule has 1 rings (SSSR count). The van der Waals surface area contributed by atoms with Crippen LogP contribution in [0.1, 0.15) is 13.8 Å². The molecule has 0 aromatic rings. The number of hydrogen-bond acceptors (Lipinski definition) is 5. The second-order valence-corrected chi connectivity index (χ2v) is 3.30. The highest BCUT2D eigenvalue weighted by Gasteiger charge is 2.48. The van der Waals surface area contributed by atoms with Gasteiger partial charge in [0.25, 0.3) is 0 Å². The maximum absolute atomic E-state index is 9.36. The van der Waals surface area contributed by atoms with Gasteiger partial charge in [-0.15, -0.1) is 0 Å². The van der Waals surface area contributed by atoms with Crippen LogP contribution in [0.25, 0.3) is 0 Å². The summed E-state index contributed by atoms with van der Waals surface area (Å²) in [5.74, 6) is -1.79. The van der Waals surface area contributed by atoms with Gasteiger partial charge in [-0.2, -0.15) is 0 Å². The molecule has 0 spiro atoms. The van der Waals surface area contributed by atoms with E-state index in [9.17, 15) is 20.4 Å². The zero-order valence-corrected chi connectivity index (χ0v) is 7.01. The van der Waals surface area contributed by atoms with Crippen LogP contribution in [-0.2, 0) is 4.74 Å². The Bertz CT molecular complexity index is 169. The Hall–Kier alpha value is -0.200. The average Bonchev–Trinajstić information content (AvgIpc) is 1.97. The van der Waals surface area contributed by atoms with Crippen molar-refractivity contribution in [3.8, 4) is 0 Å². The monoisotopic (exact) mass is 178 g/mol. The molecular formula is C7H14O5. The van der Waals surface area contributed by atoms with E-state index in [4.69, 9.17) is 4.74 Å². The Labute approximate surface area is 70.2 Å². The fraction of sp³-hybridized carbons (Fsp3) is 1.00. The van der Waals surface area contributed by atoms with Crippen molar-refractivity contribution >= 4 is 0 Å². The molecule has 0 aliphatic carbocycles. The van der Waals surface area contributed by atoms with Crippen LogP contribution in [0.3, 0.4) is 0 Å². The van der Waals surface area contributed by atoms with Gasteiger partial charge >= 0.3 is 0 Å². The Morgan fingerprint density at radius 1 is 1.17 bits per heavy atom. The third kappa shape index (κ3) is 1.46. The number of aliphatic hydroxyl groups is 4. The van der Waals surface area contributed by atoms with E-state index < -0.39 is 30.2 Å². The molecule has 1 saturated heterocycles. The fourth-order valence-electron chi connectivity index (χ4n) is 1.30. The molecule has 0 saturated carbocycles. The van der Waals surface area contributed by atoms with Gasteiger partial charge in [0.1, 0.15) is 18.3 Å². The average molecular weight is 178 g/mol. The van der Waals surface area contributed by atoms with E-state index in [1.54, 1.807) is 0 Å². The first-order chi connectivity index (χ1) is 5.36. The van der Waals surface area contributed by atoms with Gasteiger partial charge in [-0.25, -0.2) is 0 Å². The van der Waals surface area contributed by atoms with Crippen LogP contribution in [0.15, 0.2) is 0 Å². The first kappa shape index (κ1) is 9.88. The van der Waals surface area contributed by atoms with Crippen molar-refractivity contribution in [1.82, 2.24) is 0 Å². The van der Waals surface area contributed by atoms with E-state index in [-0.39, 0.29) is 0 Å². The lowest BCUT2D eigenvalue weighted by Gasteiger charge is -2.42. The summed E-state index contributed by atoms with van der Waals surface area (Å²) in [5, 5.41) is 37.0. The molecule has 1 aliphatic rings. The van der Waals surface area contributed by atoms with Gasteiger partial charge < -0.3 is 25.2 Å². The summed E-state index contributed by atoms with van der Waals surface area (Å²) >= 11 is 0. The quantitative estimate of drug-likeness (QED) is 0.351. The number of ether oxygens (including phenoxy) is 1. The third-order valence-electron chi connectivity index (χ3n) is 2.13. The van der Waals surface area contributed by atoms with Gasteiger partial charge in [0.05, 0.1) is 6.10 Å². The molecule has 1 fully saturated rings. The van der Waals surface area contributed by atoms with Crippen LogP contribution < -0.4 is 0 Å². The van der Waals surface area contributed by atoms with Crippen LogP contribution in [0, 0.1) is 0 Å². The molecule has 0 aromatic heterocycles. The van der Waals surface area contributed by atoms with E-state index in [2.05, 4.69) is 0 Å². The summed E-state index contributed by atoms with van der Waals surface area (Å²) in [4.78, 5) is 0. The molecule has 5 nitrogen and oxygen atoms in total. The lowest BCUT2D eigenvalue weighted by molar-refractivity contribution is -0.334. The predicted octanol–water partition coefficient (Wildman–Crippen LogP) is -1.80. The minimum Gasteiger partial charge on any atom is -0.388 e. The van der Waals surface area contributed by atoms with Crippen molar-refractivity contribution in [1.29, 1.82) is 0 Å². The van der Waals surface area contributed by atoms with E-state index in [1.165, 1.54) is 13.8 Å². The van der Waals surface area contributed by atoms with Gasteiger partial charge in [-0.05, 0) is 13.8 Å². The fourth-order valence-corrected chi connectivity index (χ4v) is 1.30. The molecule has 0 amide bonds. The van der Waals surface area contributed by atoms with Gasteiger partial charge in [0, 0.05) is 0 Å². The highest BCUT2D eigenvalue weighted by Crippen LogP contribution is 2.27. The molecule has 0 aromatic carbocycles. The maximum Gasteiger partial charge on any atom is 0.192 e. The highest BCUT2D eigenvalue weighted by atomic mass is 16.7. The van der Waals surface area contributed by atoms with Gasteiger partial charge in [-0.3, -0.25) is 0 Å². The van der Waals surface area contributed by atoms with Crippen molar-refractivity contribution in [2.24, 2.45) is 0 Å². The van der Waals surface area contributed by atoms with Crippen LogP contribution in [-0.4, -0.2) is 50.6 Å². The summed E-state index contributed by atoms with van der Waals surface area (Å²) in [5.41, 5.74) is 0. The second kappa shape index (κ2) is 2.93. The first-order valence-electron chi connectivity index (χ1n) is 3.80. The normalized spacial score (nSPS) is 55.5. The Balaban J connectivity index is 2.78. The van der Waals surface area contributed by atoms with Crippen molar-refractivity contribution in [2.45, 2.75) is 44.1 Å². The molecule has 1 aliphatic heterocycles. The Morgan fingerprint density at radius 2 is 1.67 bits per heavy atom. The zero-order valence-electron chi connectivity index (χ0n) is 7.01. The minimum atomic E-state index is -1.79. The summed E-state index contributed by atoms with van der Waals surface area (Å²) in [6.45, 7) is 2.75. The zero-order chi connectivity index (χ0) is 9.52. The molecule has 5 heteroatoms. The number of aliphatic hydroxyl groups excluding tert-OH is 3. The van der Waals surface area contributed by atoms with E-state index >= 15 is 0 Å².